The maximum atomic E-state index is 15.5. The van der Waals surface area contributed by atoms with Crippen LogP contribution in [-0.2, 0) is 15.9 Å². The number of hydrogen-bond acceptors (Lipinski definition) is 7. The topological polar surface area (TPSA) is 82.1 Å². The maximum Gasteiger partial charge on any atom is 0.360 e. The first-order chi connectivity index (χ1) is 16.9. The largest absolute Gasteiger partial charge is 0.464 e. The Balaban J connectivity index is 1.44. The third kappa shape index (κ3) is 3.60. The molecule has 2 fully saturated rings. The Morgan fingerprint density at radius 3 is 2.71 bits per heavy atom. The summed E-state index contributed by atoms with van der Waals surface area (Å²) in [7, 11) is 1.21. The summed E-state index contributed by atoms with van der Waals surface area (Å²) < 4.78 is 48.5. The number of imidazole rings is 1. The second kappa shape index (κ2) is 8.24. The lowest BCUT2D eigenvalue weighted by Gasteiger charge is -2.52. The molecule has 35 heavy (non-hydrogen) atoms. The third-order valence-electron chi connectivity index (χ3n) is 6.73. The number of oxazole rings is 1. The summed E-state index contributed by atoms with van der Waals surface area (Å²) in [5.74, 6) is -2.40. The Labute approximate surface area is 199 Å². The fraction of sp³-hybridized carbons (Fsp3) is 0.320. The van der Waals surface area contributed by atoms with E-state index in [4.69, 9.17) is 9.15 Å². The molecule has 0 amide bonds. The normalized spacial score (nSPS) is 21.2. The molecule has 2 aliphatic heterocycles. The third-order valence-corrected chi connectivity index (χ3v) is 6.73. The van der Waals surface area contributed by atoms with Crippen LogP contribution >= 0.6 is 0 Å². The molecule has 0 N–H and O–H groups in total. The van der Waals surface area contributed by atoms with Gasteiger partial charge in [0.15, 0.2) is 5.69 Å². The van der Waals surface area contributed by atoms with E-state index < -0.39 is 17.6 Å². The van der Waals surface area contributed by atoms with Crippen molar-refractivity contribution in [2.45, 2.75) is 25.5 Å². The zero-order valence-corrected chi connectivity index (χ0v) is 19.1. The monoisotopic (exact) mass is 480 g/mol. The first kappa shape index (κ1) is 21.9. The van der Waals surface area contributed by atoms with Gasteiger partial charge in [0.25, 0.3) is 0 Å². The molecule has 8 nitrogen and oxygen atoms in total. The molecular weight excluding hydrogens is 458 g/mol. The van der Waals surface area contributed by atoms with Crippen LogP contribution in [0, 0.1) is 18.6 Å². The zero-order chi connectivity index (χ0) is 24.3. The second-order valence-electron chi connectivity index (χ2n) is 8.86. The number of carbonyl (C=O) groups excluding carboxylic acids is 1. The highest BCUT2D eigenvalue weighted by atomic mass is 19.1. The summed E-state index contributed by atoms with van der Waals surface area (Å²) in [5, 5.41) is 0. The van der Waals surface area contributed by atoms with Gasteiger partial charge >= 0.3 is 5.97 Å². The van der Waals surface area contributed by atoms with Crippen LogP contribution in [0.1, 0.15) is 21.7 Å². The van der Waals surface area contributed by atoms with Gasteiger partial charge in [0, 0.05) is 37.3 Å². The molecule has 3 aromatic heterocycles. The highest BCUT2D eigenvalue weighted by molar-refractivity contribution is 5.87. The molecule has 4 aromatic rings. The van der Waals surface area contributed by atoms with Gasteiger partial charge in [0.1, 0.15) is 23.5 Å². The van der Waals surface area contributed by atoms with Crippen molar-refractivity contribution in [1.29, 1.82) is 0 Å². The van der Waals surface area contributed by atoms with E-state index in [1.807, 2.05) is 29.7 Å². The van der Waals surface area contributed by atoms with Gasteiger partial charge in [-0.25, -0.2) is 23.5 Å². The van der Waals surface area contributed by atoms with Crippen LogP contribution < -0.4 is 0 Å². The minimum Gasteiger partial charge on any atom is -0.464 e. The van der Waals surface area contributed by atoms with Crippen LogP contribution in [-0.4, -0.2) is 64.2 Å². The van der Waals surface area contributed by atoms with Crippen molar-refractivity contribution in [3.8, 4) is 22.7 Å². The number of methoxy groups -OCH3 is 1. The molecule has 0 saturated carbocycles. The molecule has 5 heterocycles. The van der Waals surface area contributed by atoms with Gasteiger partial charge in [-0.3, -0.25) is 4.90 Å². The molecule has 1 unspecified atom stereocenters. The number of aryl methyl sites for hydroxylation is 1. The fourth-order valence-electron chi connectivity index (χ4n) is 4.91. The number of aromatic nitrogens is 3. The van der Waals surface area contributed by atoms with Crippen LogP contribution in [0.25, 0.3) is 28.4 Å². The zero-order valence-electron chi connectivity index (χ0n) is 19.1. The first-order valence-corrected chi connectivity index (χ1v) is 11.3. The molecule has 6 rings (SSSR count). The number of carbonyl (C=O) groups is 1. The van der Waals surface area contributed by atoms with E-state index in [1.54, 1.807) is 0 Å². The van der Waals surface area contributed by atoms with Crippen molar-refractivity contribution in [2.75, 3.05) is 26.8 Å². The lowest BCUT2D eigenvalue weighted by molar-refractivity contribution is -0.159. The Morgan fingerprint density at radius 1 is 1.23 bits per heavy atom. The number of rotatable bonds is 5. The van der Waals surface area contributed by atoms with Crippen molar-refractivity contribution in [1.82, 2.24) is 19.3 Å². The predicted octanol–water partition coefficient (Wildman–Crippen LogP) is 3.66. The highest BCUT2D eigenvalue weighted by Gasteiger charge is 2.43. The summed E-state index contributed by atoms with van der Waals surface area (Å²) in [6.07, 6.45) is 3.62. The Hall–Kier alpha value is -3.63. The van der Waals surface area contributed by atoms with Gasteiger partial charge in [-0.2, -0.15) is 0 Å². The van der Waals surface area contributed by atoms with Crippen LogP contribution in [0.4, 0.5) is 8.78 Å². The summed E-state index contributed by atoms with van der Waals surface area (Å²) in [4.78, 5) is 22.6. The Morgan fingerprint density at radius 2 is 2.03 bits per heavy atom. The van der Waals surface area contributed by atoms with Gasteiger partial charge in [0.05, 0.1) is 36.8 Å². The van der Waals surface area contributed by atoms with Crippen LogP contribution in [0.5, 0.6) is 0 Å². The molecule has 0 spiro atoms. The molecule has 2 aliphatic rings. The fourth-order valence-corrected chi connectivity index (χ4v) is 4.91. The number of morpholine rings is 2. The lowest BCUT2D eigenvalue weighted by Crippen LogP contribution is -2.66. The second-order valence-corrected chi connectivity index (χ2v) is 8.86. The maximum absolute atomic E-state index is 15.5. The van der Waals surface area contributed by atoms with Crippen molar-refractivity contribution < 1.29 is 27.5 Å². The van der Waals surface area contributed by atoms with Crippen molar-refractivity contribution in [3.05, 3.63) is 65.3 Å². The van der Waals surface area contributed by atoms with Crippen LogP contribution in [0.3, 0.4) is 0 Å². The summed E-state index contributed by atoms with van der Waals surface area (Å²) >= 11 is 0. The molecular formula is C25H22F2N4O4. The van der Waals surface area contributed by atoms with Gasteiger partial charge < -0.3 is 18.3 Å². The molecule has 10 heteroatoms. The number of halogens is 2. The first-order valence-electron chi connectivity index (χ1n) is 11.3. The Kier molecular flexibility index (Phi) is 5.15. The number of benzene rings is 1. The minimum atomic E-state index is -0.801. The number of pyridine rings is 1. The molecule has 3 atom stereocenters. The van der Waals surface area contributed by atoms with Crippen molar-refractivity contribution >= 4 is 11.6 Å². The van der Waals surface area contributed by atoms with Gasteiger partial charge in [-0.05, 0) is 36.8 Å². The summed E-state index contributed by atoms with van der Waals surface area (Å²) in [5.41, 5.74) is 2.35. The molecule has 2 saturated heterocycles. The standard InChI is InChI=1S/C25H22F2N4O4/c1-13-3-4-31-19(10-18-20-11-30(18)5-6-34-20)23(29-21(31)7-13)22-15(26)8-14(9-16(22)27)24-28-17(12-35-24)25(32)33-2/h3-4,7-9,12,18,20H,5-6,10-11H2,1-2H3/t18-,20-/m0/s1. The van der Waals surface area contributed by atoms with E-state index in [0.29, 0.717) is 18.7 Å². The summed E-state index contributed by atoms with van der Waals surface area (Å²) in [6, 6.07) is 6.23. The number of ether oxygens (including phenoxy) is 2. The average Bonchev–Trinajstić information content (AvgIpc) is 3.47. The molecule has 0 radical (unpaired) electrons. The predicted molar refractivity (Wildman–Crippen MR) is 121 cm³/mol. The molecule has 180 valence electrons. The number of fused-ring (bicyclic) bond motifs is 3. The van der Waals surface area contributed by atoms with E-state index in [-0.39, 0.29) is 40.6 Å². The molecule has 2 bridgehead atoms. The van der Waals surface area contributed by atoms with E-state index in [1.165, 1.54) is 7.11 Å². The average molecular weight is 480 g/mol. The van der Waals surface area contributed by atoms with E-state index >= 15 is 8.78 Å². The van der Waals surface area contributed by atoms with Gasteiger partial charge in [0.2, 0.25) is 5.89 Å². The van der Waals surface area contributed by atoms with Crippen molar-refractivity contribution in [2.24, 2.45) is 0 Å². The highest BCUT2D eigenvalue weighted by Crippen LogP contribution is 2.36. The number of hydrogen-bond donors (Lipinski definition) is 0. The SMILES string of the molecule is COC(=O)c1coc(-c2cc(F)c(-c3nc4cc(C)ccn4c3C[C@H]3[C@@H]4CN3CCO4)c(F)c2)n1. The van der Waals surface area contributed by atoms with Gasteiger partial charge in [-0.15, -0.1) is 0 Å². The smallest absolute Gasteiger partial charge is 0.360 e. The van der Waals surface area contributed by atoms with Crippen LogP contribution in [0.2, 0.25) is 0 Å². The minimum absolute atomic E-state index is 0.0631. The lowest BCUT2D eigenvalue weighted by atomic mass is 9.91. The van der Waals surface area contributed by atoms with E-state index in [9.17, 15) is 4.79 Å². The van der Waals surface area contributed by atoms with Crippen LogP contribution in [0.15, 0.2) is 41.1 Å². The quantitative estimate of drug-likeness (QED) is 0.403. The summed E-state index contributed by atoms with van der Waals surface area (Å²) in [6.45, 7) is 4.35. The number of nitrogens with zero attached hydrogens (tertiary/aromatic N) is 4. The van der Waals surface area contributed by atoms with E-state index in [2.05, 4.69) is 19.6 Å². The van der Waals surface area contributed by atoms with Gasteiger partial charge in [-0.1, -0.05) is 0 Å². The Bertz CT molecular complexity index is 1430. The molecule has 1 aromatic carbocycles. The van der Waals surface area contributed by atoms with E-state index in [0.717, 1.165) is 42.7 Å². The number of esters is 1. The van der Waals surface area contributed by atoms with Crippen molar-refractivity contribution in [3.63, 3.8) is 0 Å². The molecule has 0 aliphatic carbocycles.